The number of piperazine rings is 1. The molecule has 2 amide bonds. The first-order valence-corrected chi connectivity index (χ1v) is 10.8. The molecule has 164 valence electrons. The number of rotatable bonds is 4. The molecule has 0 radical (unpaired) electrons. The zero-order chi connectivity index (χ0) is 22.2. The van der Waals surface area contributed by atoms with Crippen molar-refractivity contribution in [1.29, 1.82) is 0 Å². The molecule has 2 N–H and O–H groups in total. The first-order chi connectivity index (χ1) is 14.8. The lowest BCUT2D eigenvalue weighted by Crippen LogP contribution is -3.19. The Hall–Kier alpha value is -3.06. The molecule has 0 aromatic heterocycles. The van der Waals surface area contributed by atoms with Gasteiger partial charge in [-0.1, -0.05) is 12.1 Å². The highest BCUT2D eigenvalue weighted by Crippen LogP contribution is 2.36. The molecule has 2 aliphatic heterocycles. The van der Waals surface area contributed by atoms with E-state index >= 15 is 0 Å². The van der Waals surface area contributed by atoms with Gasteiger partial charge in [0, 0.05) is 5.69 Å². The number of carbonyl (C=O) groups is 2. The van der Waals surface area contributed by atoms with E-state index in [0.29, 0.717) is 5.69 Å². The monoisotopic (exact) mass is 423 g/mol. The van der Waals surface area contributed by atoms with E-state index in [4.69, 9.17) is 4.74 Å². The van der Waals surface area contributed by atoms with Gasteiger partial charge >= 0.3 is 0 Å². The van der Waals surface area contributed by atoms with E-state index < -0.39 is 5.54 Å². The molecule has 2 aliphatic rings. The van der Waals surface area contributed by atoms with Gasteiger partial charge in [-0.05, 0) is 57.2 Å². The minimum absolute atomic E-state index is 0.0137. The van der Waals surface area contributed by atoms with Gasteiger partial charge in [0.25, 0.3) is 5.91 Å². The minimum atomic E-state index is -0.940. The minimum Gasteiger partial charge on any atom is -0.497 e. The largest absolute Gasteiger partial charge is 0.497 e. The standard InChI is InChI=1S/C24H30N4O3/c1-17(26-13-15-27(16-14-26)18-9-11-19(31-4)12-10-18)22(29)28-21-8-6-5-7-20(21)25-23(30)24(28,2)3/h5-12,17H,13-16H2,1-4H3,(H,25,30)/p+1/t17-/m1/s1. The summed E-state index contributed by atoms with van der Waals surface area (Å²) in [5, 5.41) is 2.93. The molecule has 1 saturated heterocycles. The van der Waals surface area contributed by atoms with E-state index in [0.717, 1.165) is 37.6 Å². The summed E-state index contributed by atoms with van der Waals surface area (Å²) < 4.78 is 5.25. The van der Waals surface area contributed by atoms with Crippen LogP contribution in [0.15, 0.2) is 48.5 Å². The summed E-state index contributed by atoms with van der Waals surface area (Å²) in [6.45, 7) is 9.06. The van der Waals surface area contributed by atoms with Gasteiger partial charge in [0.05, 0.1) is 44.7 Å². The van der Waals surface area contributed by atoms with Gasteiger partial charge in [0.15, 0.2) is 6.04 Å². The number of para-hydroxylation sites is 2. The van der Waals surface area contributed by atoms with Crippen molar-refractivity contribution in [3.63, 3.8) is 0 Å². The molecule has 2 heterocycles. The molecule has 0 spiro atoms. The molecule has 7 nitrogen and oxygen atoms in total. The molecular weight excluding hydrogens is 392 g/mol. The van der Waals surface area contributed by atoms with Gasteiger partial charge in [-0.3, -0.25) is 14.5 Å². The molecule has 7 heteroatoms. The number of ether oxygens (including phenoxy) is 1. The van der Waals surface area contributed by atoms with E-state index in [-0.39, 0.29) is 17.9 Å². The number of benzene rings is 2. The SMILES string of the molecule is COc1ccc(N2CC[NH+]([C@H](C)C(=O)N3c4ccccc4NC(=O)C3(C)C)CC2)cc1. The highest BCUT2D eigenvalue weighted by Gasteiger charge is 2.46. The van der Waals surface area contributed by atoms with Crippen LogP contribution in [0.3, 0.4) is 0 Å². The first kappa shape index (κ1) is 21.2. The molecule has 4 rings (SSSR count). The highest BCUT2D eigenvalue weighted by atomic mass is 16.5. The van der Waals surface area contributed by atoms with E-state index in [1.807, 2.05) is 43.3 Å². The molecule has 31 heavy (non-hydrogen) atoms. The molecule has 2 aromatic rings. The number of carbonyl (C=O) groups excluding carboxylic acids is 2. The summed E-state index contributed by atoms with van der Waals surface area (Å²) in [4.78, 5) is 31.6. The van der Waals surface area contributed by atoms with E-state index in [2.05, 4.69) is 22.3 Å². The third kappa shape index (κ3) is 3.85. The van der Waals surface area contributed by atoms with Crippen LogP contribution >= 0.6 is 0 Å². The van der Waals surface area contributed by atoms with Gasteiger partial charge in [0.1, 0.15) is 11.3 Å². The van der Waals surface area contributed by atoms with Crippen molar-refractivity contribution >= 4 is 28.9 Å². The van der Waals surface area contributed by atoms with Crippen molar-refractivity contribution in [2.45, 2.75) is 32.4 Å². The lowest BCUT2D eigenvalue weighted by molar-refractivity contribution is -0.914. The van der Waals surface area contributed by atoms with E-state index in [1.165, 1.54) is 10.6 Å². The third-order valence-corrected chi connectivity index (χ3v) is 6.55. The maximum Gasteiger partial charge on any atom is 0.285 e. The fourth-order valence-electron chi connectivity index (χ4n) is 4.49. The van der Waals surface area contributed by atoms with Crippen molar-refractivity contribution in [3.05, 3.63) is 48.5 Å². The highest BCUT2D eigenvalue weighted by molar-refractivity contribution is 6.14. The molecule has 2 aromatic carbocycles. The molecule has 0 aliphatic carbocycles. The Kier molecular flexibility index (Phi) is 5.62. The fourth-order valence-corrected chi connectivity index (χ4v) is 4.49. The van der Waals surface area contributed by atoms with Gasteiger partial charge in [-0.25, -0.2) is 0 Å². The average molecular weight is 424 g/mol. The van der Waals surface area contributed by atoms with Crippen molar-refractivity contribution < 1.29 is 19.2 Å². The number of anilines is 3. The van der Waals surface area contributed by atoms with Crippen LogP contribution in [0, 0.1) is 0 Å². The van der Waals surface area contributed by atoms with Crippen molar-refractivity contribution in [2.24, 2.45) is 0 Å². The molecule has 0 saturated carbocycles. The lowest BCUT2D eigenvalue weighted by Gasteiger charge is -2.44. The Morgan fingerprint density at radius 2 is 1.74 bits per heavy atom. The van der Waals surface area contributed by atoms with Crippen LogP contribution in [0.4, 0.5) is 17.1 Å². The predicted molar refractivity (Wildman–Crippen MR) is 122 cm³/mol. The van der Waals surface area contributed by atoms with E-state index in [1.54, 1.807) is 25.9 Å². The summed E-state index contributed by atoms with van der Waals surface area (Å²) in [6.07, 6.45) is 0. The van der Waals surface area contributed by atoms with Crippen LogP contribution in [0.25, 0.3) is 0 Å². The normalized spacial score (nSPS) is 19.4. The number of amides is 2. The van der Waals surface area contributed by atoms with Crippen LogP contribution < -0.4 is 24.8 Å². The first-order valence-electron chi connectivity index (χ1n) is 10.8. The van der Waals surface area contributed by atoms with Crippen LogP contribution in [-0.4, -0.2) is 56.7 Å². The fraction of sp³-hybridized carbons (Fsp3) is 0.417. The Bertz CT molecular complexity index is 965. The van der Waals surface area contributed by atoms with Gasteiger partial charge in [-0.15, -0.1) is 0 Å². The summed E-state index contributed by atoms with van der Waals surface area (Å²) >= 11 is 0. The number of hydrogen-bond donors (Lipinski definition) is 2. The smallest absolute Gasteiger partial charge is 0.285 e. The van der Waals surface area contributed by atoms with Crippen LogP contribution in [-0.2, 0) is 9.59 Å². The summed E-state index contributed by atoms with van der Waals surface area (Å²) in [6, 6.07) is 15.4. The Balaban J connectivity index is 1.48. The van der Waals surface area contributed by atoms with Crippen LogP contribution in [0.5, 0.6) is 5.75 Å². The van der Waals surface area contributed by atoms with Crippen molar-refractivity contribution in [1.82, 2.24) is 0 Å². The molecule has 1 atom stereocenters. The Morgan fingerprint density at radius 3 is 2.39 bits per heavy atom. The molecular formula is C24H31N4O3+. The van der Waals surface area contributed by atoms with E-state index in [9.17, 15) is 9.59 Å². The Labute approximate surface area is 183 Å². The summed E-state index contributed by atoms with van der Waals surface area (Å²) in [7, 11) is 1.67. The number of nitrogens with one attached hydrogen (secondary N) is 2. The summed E-state index contributed by atoms with van der Waals surface area (Å²) in [5.41, 5.74) is 1.68. The number of fused-ring (bicyclic) bond motifs is 1. The predicted octanol–water partition coefficient (Wildman–Crippen LogP) is 1.55. The van der Waals surface area contributed by atoms with Gasteiger partial charge < -0.3 is 19.9 Å². The second kappa shape index (κ2) is 8.23. The zero-order valence-electron chi connectivity index (χ0n) is 18.6. The molecule has 0 unspecified atom stereocenters. The Morgan fingerprint density at radius 1 is 1.10 bits per heavy atom. The molecule has 1 fully saturated rings. The van der Waals surface area contributed by atoms with Crippen LogP contribution in [0.2, 0.25) is 0 Å². The number of methoxy groups -OCH3 is 1. The summed E-state index contributed by atoms with van der Waals surface area (Å²) in [5.74, 6) is 0.673. The number of hydrogen-bond acceptors (Lipinski definition) is 4. The number of nitrogens with zero attached hydrogens (tertiary/aromatic N) is 2. The third-order valence-electron chi connectivity index (χ3n) is 6.55. The maximum atomic E-state index is 13.6. The topological polar surface area (TPSA) is 66.3 Å². The quantitative estimate of drug-likeness (QED) is 0.783. The van der Waals surface area contributed by atoms with Crippen LogP contribution in [0.1, 0.15) is 20.8 Å². The number of quaternary nitrogens is 1. The lowest BCUT2D eigenvalue weighted by atomic mass is 9.95. The second-order valence-corrected chi connectivity index (χ2v) is 8.77. The van der Waals surface area contributed by atoms with Crippen molar-refractivity contribution in [2.75, 3.05) is 48.4 Å². The van der Waals surface area contributed by atoms with Gasteiger partial charge in [-0.2, -0.15) is 0 Å². The average Bonchev–Trinajstić information content (AvgIpc) is 2.79. The second-order valence-electron chi connectivity index (χ2n) is 8.77. The molecule has 0 bridgehead atoms. The van der Waals surface area contributed by atoms with Crippen molar-refractivity contribution in [3.8, 4) is 5.75 Å². The van der Waals surface area contributed by atoms with Gasteiger partial charge in [0.2, 0.25) is 5.91 Å². The zero-order valence-corrected chi connectivity index (χ0v) is 18.6. The maximum absolute atomic E-state index is 13.6.